The van der Waals surface area contributed by atoms with Crippen molar-refractivity contribution in [2.75, 3.05) is 17.6 Å². The van der Waals surface area contributed by atoms with Gasteiger partial charge in [-0.3, -0.25) is 4.98 Å². The van der Waals surface area contributed by atoms with E-state index in [1.165, 1.54) is 24.3 Å². The molecule has 0 saturated carbocycles. The minimum absolute atomic E-state index is 0.201. The van der Waals surface area contributed by atoms with E-state index in [0.717, 1.165) is 14.5 Å². The molecule has 4 aromatic rings. The van der Waals surface area contributed by atoms with Gasteiger partial charge in [0.1, 0.15) is 23.0 Å². The van der Waals surface area contributed by atoms with Crippen LogP contribution in [0.3, 0.4) is 0 Å². The molecule has 0 atom stereocenters. The molecule has 33 heavy (non-hydrogen) atoms. The Labute approximate surface area is 205 Å². The van der Waals surface area contributed by atoms with E-state index in [-0.39, 0.29) is 23.1 Å². The van der Waals surface area contributed by atoms with Crippen LogP contribution in [0.4, 0.5) is 24.5 Å². The Bertz CT molecular complexity index is 1250. The Morgan fingerprint density at radius 1 is 0.909 bits per heavy atom. The molecule has 3 aromatic carbocycles. The molecule has 1 aromatic heterocycles. The van der Waals surface area contributed by atoms with Crippen LogP contribution in [-0.2, 0) is 0 Å². The molecule has 0 spiro atoms. The number of nitrogens with two attached hydrogens (primary N) is 1. The average Bonchev–Trinajstić information content (AvgIpc) is 2.81. The van der Waals surface area contributed by atoms with Crippen molar-refractivity contribution in [1.82, 2.24) is 4.98 Å². The van der Waals surface area contributed by atoms with Gasteiger partial charge in [0.2, 0.25) is 0 Å². The lowest BCUT2D eigenvalue weighted by atomic mass is 10.1. The third-order valence-corrected chi connectivity index (χ3v) is 5.47. The molecular formula is C26H23F3IN3. The monoisotopic (exact) mass is 561 g/mol. The number of para-hydroxylation sites is 3. The Balaban J connectivity index is 0.000000180. The molecule has 0 saturated heterocycles. The summed E-state index contributed by atoms with van der Waals surface area (Å²) in [6.45, 7) is 4.21. The zero-order chi connectivity index (χ0) is 24.2. The van der Waals surface area contributed by atoms with Crippen LogP contribution in [0.25, 0.3) is 10.9 Å². The van der Waals surface area contributed by atoms with Crippen LogP contribution in [-0.4, -0.2) is 11.5 Å². The standard InChI is InChI=1S/C10H7FIN.C10H10FN.C6H6FN/c1-6-7-3-2-4-8(11)10(7)13-5-9(6)12;1-2-3-8-12-10-7-5-4-6-9(10)11;7-5-3-1-2-4-6(5)8/h2-5H,1H3;4-7,12H,8H2,1H3;1-4H,8H2. The fourth-order valence-electron chi connectivity index (χ4n) is 2.60. The predicted octanol–water partition coefficient (Wildman–Crippen LogP) is 6.96. The summed E-state index contributed by atoms with van der Waals surface area (Å²) in [5.41, 5.74) is 7.39. The first-order chi connectivity index (χ1) is 15.8. The molecular weight excluding hydrogens is 538 g/mol. The average molecular weight is 561 g/mol. The second-order valence-corrected chi connectivity index (χ2v) is 7.81. The largest absolute Gasteiger partial charge is 0.396 e. The molecule has 0 aliphatic heterocycles. The van der Waals surface area contributed by atoms with Gasteiger partial charge in [-0.25, -0.2) is 13.2 Å². The fraction of sp³-hybridized carbons (Fsp3) is 0.115. The van der Waals surface area contributed by atoms with Crippen LogP contribution in [0, 0.1) is 39.8 Å². The summed E-state index contributed by atoms with van der Waals surface area (Å²) >= 11 is 2.20. The number of benzene rings is 3. The number of hydrogen-bond donors (Lipinski definition) is 2. The smallest absolute Gasteiger partial charge is 0.149 e. The number of nitrogens with zero attached hydrogens (tertiary/aromatic N) is 1. The number of halogens is 4. The van der Waals surface area contributed by atoms with E-state index < -0.39 is 0 Å². The number of aryl methyl sites for hydroxylation is 1. The second-order valence-electron chi connectivity index (χ2n) is 6.65. The lowest BCUT2D eigenvalue weighted by Gasteiger charge is -2.03. The van der Waals surface area contributed by atoms with Crippen molar-refractivity contribution in [3.05, 3.63) is 99.5 Å². The van der Waals surface area contributed by atoms with Crippen molar-refractivity contribution in [3.8, 4) is 11.8 Å². The van der Waals surface area contributed by atoms with E-state index >= 15 is 0 Å². The third kappa shape index (κ3) is 7.99. The fourth-order valence-corrected chi connectivity index (χ4v) is 3.03. The summed E-state index contributed by atoms with van der Waals surface area (Å²) in [6.07, 6.45) is 1.70. The van der Waals surface area contributed by atoms with Gasteiger partial charge in [0.05, 0.1) is 17.9 Å². The van der Waals surface area contributed by atoms with Gasteiger partial charge in [-0.1, -0.05) is 42.3 Å². The quantitative estimate of drug-likeness (QED) is 0.158. The Morgan fingerprint density at radius 2 is 1.55 bits per heavy atom. The van der Waals surface area contributed by atoms with Crippen LogP contribution >= 0.6 is 22.6 Å². The molecule has 0 aliphatic rings. The van der Waals surface area contributed by atoms with Gasteiger partial charge in [-0.2, -0.15) is 0 Å². The lowest BCUT2D eigenvalue weighted by molar-refractivity contribution is 0.631. The number of hydrogen-bond acceptors (Lipinski definition) is 3. The maximum Gasteiger partial charge on any atom is 0.149 e. The highest BCUT2D eigenvalue weighted by atomic mass is 127. The third-order valence-electron chi connectivity index (χ3n) is 4.38. The number of aromatic nitrogens is 1. The first-order valence-electron chi connectivity index (χ1n) is 9.92. The van der Waals surface area contributed by atoms with Crippen molar-refractivity contribution in [2.45, 2.75) is 13.8 Å². The van der Waals surface area contributed by atoms with Crippen LogP contribution in [0.1, 0.15) is 12.5 Å². The van der Waals surface area contributed by atoms with Crippen molar-refractivity contribution in [2.24, 2.45) is 0 Å². The summed E-state index contributed by atoms with van der Waals surface area (Å²) in [6, 6.07) is 17.7. The van der Waals surface area contributed by atoms with Crippen LogP contribution < -0.4 is 11.1 Å². The molecule has 1 heterocycles. The topological polar surface area (TPSA) is 50.9 Å². The van der Waals surface area contributed by atoms with E-state index in [9.17, 15) is 13.2 Å². The summed E-state index contributed by atoms with van der Waals surface area (Å²) in [5.74, 6) is 4.67. The van der Waals surface area contributed by atoms with E-state index in [0.29, 0.717) is 17.7 Å². The summed E-state index contributed by atoms with van der Waals surface area (Å²) < 4.78 is 39.4. The zero-order valence-electron chi connectivity index (χ0n) is 18.2. The SMILES string of the molecule is CC#CCNc1ccccc1F.Cc1c(I)cnc2c(F)cccc12.Nc1ccccc1F. The van der Waals surface area contributed by atoms with Gasteiger partial charge in [-0.15, -0.1) is 5.92 Å². The number of nitrogen functional groups attached to an aromatic ring is 1. The molecule has 3 N–H and O–H groups in total. The molecule has 0 radical (unpaired) electrons. The lowest BCUT2D eigenvalue weighted by Crippen LogP contribution is -2.00. The van der Waals surface area contributed by atoms with Gasteiger partial charge >= 0.3 is 0 Å². The Hall–Kier alpha value is -3.25. The Morgan fingerprint density at radius 3 is 2.15 bits per heavy atom. The number of anilines is 2. The summed E-state index contributed by atoms with van der Waals surface area (Å²) in [4.78, 5) is 4.06. The van der Waals surface area contributed by atoms with Crippen LogP contribution in [0.15, 0.2) is 72.9 Å². The van der Waals surface area contributed by atoms with E-state index in [1.54, 1.807) is 49.5 Å². The van der Waals surface area contributed by atoms with Gasteiger partial charge < -0.3 is 11.1 Å². The highest BCUT2D eigenvalue weighted by molar-refractivity contribution is 14.1. The minimum Gasteiger partial charge on any atom is -0.396 e. The highest BCUT2D eigenvalue weighted by Gasteiger charge is 2.05. The molecule has 0 bridgehead atoms. The van der Waals surface area contributed by atoms with E-state index in [2.05, 4.69) is 44.7 Å². The molecule has 0 amide bonds. The number of pyridine rings is 1. The Kier molecular flexibility index (Phi) is 10.5. The van der Waals surface area contributed by atoms with Crippen molar-refractivity contribution < 1.29 is 13.2 Å². The van der Waals surface area contributed by atoms with E-state index in [4.69, 9.17) is 5.73 Å². The molecule has 170 valence electrons. The highest BCUT2D eigenvalue weighted by Crippen LogP contribution is 2.22. The first-order valence-corrected chi connectivity index (χ1v) is 11.0. The molecule has 0 unspecified atom stereocenters. The molecule has 4 rings (SSSR count). The second kappa shape index (κ2) is 13.3. The zero-order valence-corrected chi connectivity index (χ0v) is 20.3. The molecule has 0 fully saturated rings. The van der Waals surface area contributed by atoms with Gasteiger partial charge in [0, 0.05) is 15.2 Å². The summed E-state index contributed by atoms with van der Waals surface area (Å²) in [7, 11) is 0. The summed E-state index contributed by atoms with van der Waals surface area (Å²) in [5, 5.41) is 3.76. The molecule has 0 aliphatic carbocycles. The van der Waals surface area contributed by atoms with Crippen molar-refractivity contribution in [3.63, 3.8) is 0 Å². The van der Waals surface area contributed by atoms with Gasteiger partial charge in [-0.05, 0) is 72.3 Å². The minimum atomic E-state index is -0.354. The maximum absolute atomic E-state index is 13.2. The van der Waals surface area contributed by atoms with Crippen LogP contribution in [0.2, 0.25) is 0 Å². The van der Waals surface area contributed by atoms with Crippen LogP contribution in [0.5, 0.6) is 0 Å². The number of rotatable bonds is 2. The van der Waals surface area contributed by atoms with Gasteiger partial charge in [0.25, 0.3) is 0 Å². The first kappa shape index (κ1) is 26.0. The number of nitrogens with one attached hydrogen (secondary N) is 1. The van der Waals surface area contributed by atoms with E-state index in [1.807, 2.05) is 13.0 Å². The van der Waals surface area contributed by atoms with Crippen molar-refractivity contribution in [1.29, 1.82) is 0 Å². The normalized spacial score (nSPS) is 9.52. The van der Waals surface area contributed by atoms with Gasteiger partial charge in [0.15, 0.2) is 0 Å². The maximum atomic E-state index is 13.2. The number of fused-ring (bicyclic) bond motifs is 1. The molecule has 7 heteroatoms. The van der Waals surface area contributed by atoms with Crippen molar-refractivity contribution >= 4 is 44.9 Å². The predicted molar refractivity (Wildman–Crippen MR) is 138 cm³/mol. The molecule has 3 nitrogen and oxygen atoms in total.